The summed E-state index contributed by atoms with van der Waals surface area (Å²) in [5, 5.41) is 0. The SMILES string of the molecule is Fc1cc(CN2CC(N3CCOCC3)C2)ccc1Br. The molecule has 2 aliphatic heterocycles. The standard InChI is InChI=1S/C14H18BrFN2O/c15-13-2-1-11(7-14(13)16)8-17-9-12(10-17)18-3-5-19-6-4-18/h1-2,7,12H,3-6,8-10H2. The van der Waals surface area contributed by atoms with E-state index in [1.807, 2.05) is 6.07 Å². The van der Waals surface area contributed by atoms with Crippen molar-refractivity contribution in [3.8, 4) is 0 Å². The Kier molecular flexibility index (Phi) is 4.17. The van der Waals surface area contributed by atoms with E-state index in [0.717, 1.165) is 51.5 Å². The van der Waals surface area contributed by atoms with Crippen LogP contribution in [0.25, 0.3) is 0 Å². The van der Waals surface area contributed by atoms with Gasteiger partial charge >= 0.3 is 0 Å². The second-order valence-corrected chi connectivity index (χ2v) is 6.10. The molecule has 2 heterocycles. The maximum Gasteiger partial charge on any atom is 0.137 e. The summed E-state index contributed by atoms with van der Waals surface area (Å²) < 4.78 is 19.3. The van der Waals surface area contributed by atoms with Gasteiger partial charge in [-0.3, -0.25) is 9.80 Å². The van der Waals surface area contributed by atoms with E-state index in [1.54, 1.807) is 12.1 Å². The Morgan fingerprint density at radius 2 is 2.00 bits per heavy atom. The van der Waals surface area contributed by atoms with Gasteiger partial charge in [0, 0.05) is 38.8 Å². The lowest BCUT2D eigenvalue weighted by atomic mass is 10.0. The van der Waals surface area contributed by atoms with Crippen molar-refractivity contribution in [2.75, 3.05) is 39.4 Å². The quantitative estimate of drug-likeness (QED) is 0.845. The molecule has 3 rings (SSSR count). The highest BCUT2D eigenvalue weighted by Gasteiger charge is 2.32. The lowest BCUT2D eigenvalue weighted by Crippen LogP contribution is -2.60. The molecule has 0 amide bonds. The minimum Gasteiger partial charge on any atom is -0.379 e. The number of benzene rings is 1. The van der Waals surface area contributed by atoms with Crippen molar-refractivity contribution >= 4 is 15.9 Å². The Balaban J connectivity index is 1.49. The minimum atomic E-state index is -0.178. The maximum absolute atomic E-state index is 13.4. The summed E-state index contributed by atoms with van der Waals surface area (Å²) in [7, 11) is 0. The van der Waals surface area contributed by atoms with Crippen LogP contribution in [0.4, 0.5) is 4.39 Å². The maximum atomic E-state index is 13.4. The molecule has 2 fully saturated rings. The van der Waals surface area contributed by atoms with E-state index in [4.69, 9.17) is 4.74 Å². The van der Waals surface area contributed by atoms with Gasteiger partial charge in [0.15, 0.2) is 0 Å². The van der Waals surface area contributed by atoms with Gasteiger partial charge in [-0.05, 0) is 33.6 Å². The predicted octanol–water partition coefficient (Wildman–Crippen LogP) is 2.10. The minimum absolute atomic E-state index is 0.178. The zero-order valence-electron chi connectivity index (χ0n) is 10.8. The van der Waals surface area contributed by atoms with Crippen LogP contribution in [0.15, 0.2) is 22.7 Å². The molecule has 2 saturated heterocycles. The number of hydrogen-bond donors (Lipinski definition) is 0. The second-order valence-electron chi connectivity index (χ2n) is 5.24. The van der Waals surface area contributed by atoms with Crippen LogP contribution in [-0.4, -0.2) is 55.2 Å². The zero-order valence-corrected chi connectivity index (χ0v) is 12.4. The largest absolute Gasteiger partial charge is 0.379 e. The summed E-state index contributed by atoms with van der Waals surface area (Å²) >= 11 is 3.18. The average molecular weight is 329 g/mol. The fraction of sp³-hybridized carbons (Fsp3) is 0.571. The second kappa shape index (κ2) is 5.87. The van der Waals surface area contributed by atoms with Crippen molar-refractivity contribution < 1.29 is 9.13 Å². The summed E-state index contributed by atoms with van der Waals surface area (Å²) in [4.78, 5) is 4.87. The highest BCUT2D eigenvalue weighted by atomic mass is 79.9. The van der Waals surface area contributed by atoms with Crippen molar-refractivity contribution in [2.24, 2.45) is 0 Å². The molecule has 5 heteroatoms. The van der Waals surface area contributed by atoms with Crippen molar-refractivity contribution in [1.29, 1.82) is 0 Å². The Hall–Kier alpha value is -0.490. The third-order valence-electron chi connectivity index (χ3n) is 3.89. The van der Waals surface area contributed by atoms with Crippen LogP contribution < -0.4 is 0 Å². The molecule has 0 bridgehead atoms. The van der Waals surface area contributed by atoms with Gasteiger partial charge < -0.3 is 4.74 Å². The number of hydrogen-bond acceptors (Lipinski definition) is 3. The smallest absolute Gasteiger partial charge is 0.137 e. The number of morpholine rings is 1. The van der Waals surface area contributed by atoms with Crippen LogP contribution in [0.2, 0.25) is 0 Å². The molecule has 1 aromatic carbocycles. The van der Waals surface area contributed by atoms with Crippen LogP contribution >= 0.6 is 15.9 Å². The van der Waals surface area contributed by atoms with Crippen molar-refractivity contribution in [2.45, 2.75) is 12.6 Å². The van der Waals surface area contributed by atoms with Crippen LogP contribution in [0.1, 0.15) is 5.56 Å². The summed E-state index contributed by atoms with van der Waals surface area (Å²) in [6.45, 7) is 6.81. The zero-order chi connectivity index (χ0) is 13.2. The molecule has 0 saturated carbocycles. The summed E-state index contributed by atoms with van der Waals surface area (Å²) in [6.07, 6.45) is 0. The average Bonchev–Trinajstić information content (AvgIpc) is 2.38. The van der Waals surface area contributed by atoms with Crippen LogP contribution in [0, 0.1) is 5.82 Å². The molecular weight excluding hydrogens is 311 g/mol. The van der Waals surface area contributed by atoms with Gasteiger partial charge in [-0.25, -0.2) is 4.39 Å². The Morgan fingerprint density at radius 1 is 1.26 bits per heavy atom. The highest BCUT2D eigenvalue weighted by molar-refractivity contribution is 9.10. The fourth-order valence-electron chi connectivity index (χ4n) is 2.74. The monoisotopic (exact) mass is 328 g/mol. The van der Waals surface area contributed by atoms with E-state index in [9.17, 15) is 4.39 Å². The van der Waals surface area contributed by atoms with Crippen molar-refractivity contribution in [3.05, 3.63) is 34.1 Å². The first-order valence-corrected chi connectivity index (χ1v) is 7.50. The van der Waals surface area contributed by atoms with Crippen molar-refractivity contribution in [1.82, 2.24) is 9.80 Å². The fourth-order valence-corrected chi connectivity index (χ4v) is 2.99. The molecule has 1 aromatic rings. The molecule has 0 aliphatic carbocycles. The molecule has 19 heavy (non-hydrogen) atoms. The molecule has 104 valence electrons. The lowest BCUT2D eigenvalue weighted by Gasteiger charge is -2.46. The Labute approximate surface area is 121 Å². The first kappa shape index (κ1) is 13.5. The summed E-state index contributed by atoms with van der Waals surface area (Å²) in [5.41, 5.74) is 1.04. The molecule has 3 nitrogen and oxygen atoms in total. The van der Waals surface area contributed by atoms with E-state index in [0.29, 0.717) is 10.5 Å². The number of likely N-dealkylation sites (tertiary alicyclic amines) is 1. The third kappa shape index (κ3) is 3.16. The van der Waals surface area contributed by atoms with E-state index >= 15 is 0 Å². The molecule has 2 aliphatic rings. The first-order valence-electron chi connectivity index (χ1n) is 6.70. The van der Waals surface area contributed by atoms with Crippen molar-refractivity contribution in [3.63, 3.8) is 0 Å². The van der Waals surface area contributed by atoms with Gasteiger partial charge in [0.05, 0.1) is 17.7 Å². The number of rotatable bonds is 3. The van der Waals surface area contributed by atoms with E-state index in [2.05, 4.69) is 25.7 Å². The highest BCUT2D eigenvalue weighted by Crippen LogP contribution is 2.21. The predicted molar refractivity (Wildman–Crippen MR) is 75.6 cm³/mol. The lowest BCUT2D eigenvalue weighted by molar-refractivity contribution is -0.0344. The van der Waals surface area contributed by atoms with E-state index < -0.39 is 0 Å². The van der Waals surface area contributed by atoms with Gasteiger partial charge in [-0.15, -0.1) is 0 Å². The molecule has 0 aromatic heterocycles. The van der Waals surface area contributed by atoms with Gasteiger partial charge in [-0.1, -0.05) is 6.07 Å². The van der Waals surface area contributed by atoms with Gasteiger partial charge in [0.25, 0.3) is 0 Å². The van der Waals surface area contributed by atoms with Gasteiger partial charge in [0.1, 0.15) is 5.82 Å². The van der Waals surface area contributed by atoms with E-state index in [1.165, 1.54) is 0 Å². The molecule has 0 atom stereocenters. The van der Waals surface area contributed by atoms with E-state index in [-0.39, 0.29) is 5.82 Å². The molecule has 0 N–H and O–H groups in total. The normalized spacial score (nSPS) is 22.4. The number of ether oxygens (including phenoxy) is 1. The summed E-state index contributed by atoms with van der Waals surface area (Å²) in [5.74, 6) is -0.178. The van der Waals surface area contributed by atoms with Crippen LogP contribution in [-0.2, 0) is 11.3 Å². The van der Waals surface area contributed by atoms with Crippen LogP contribution in [0.3, 0.4) is 0 Å². The Bertz CT molecular complexity index is 445. The van der Waals surface area contributed by atoms with Gasteiger partial charge in [0.2, 0.25) is 0 Å². The molecule has 0 unspecified atom stereocenters. The number of nitrogens with zero attached hydrogens (tertiary/aromatic N) is 2. The molecular formula is C14H18BrFN2O. The molecule has 0 radical (unpaired) electrons. The first-order chi connectivity index (χ1) is 9.22. The Morgan fingerprint density at radius 3 is 2.68 bits per heavy atom. The number of halogens is 2. The van der Waals surface area contributed by atoms with Crippen LogP contribution in [0.5, 0.6) is 0 Å². The summed E-state index contributed by atoms with van der Waals surface area (Å²) in [6, 6.07) is 6.04. The van der Waals surface area contributed by atoms with Gasteiger partial charge in [-0.2, -0.15) is 0 Å². The third-order valence-corrected chi connectivity index (χ3v) is 4.53. The topological polar surface area (TPSA) is 15.7 Å². The molecule has 0 spiro atoms.